The fourth-order valence-electron chi connectivity index (χ4n) is 2.82. The molecule has 1 aromatic heterocycles. The lowest BCUT2D eigenvalue weighted by molar-refractivity contribution is 0.0389. The highest BCUT2D eigenvalue weighted by molar-refractivity contribution is 5.79. The van der Waals surface area contributed by atoms with Gasteiger partial charge in [0, 0.05) is 38.4 Å². The standard InChI is InChI=1S/C18H27N7O/c1-2-19-18(20-8-9-24-10-12-26-13-11-24)21-14-17-23-22-15-25(17)16-6-4-3-5-7-16/h3-7,15H,2,8-14H2,1H3,(H2,19,20,21). The maximum absolute atomic E-state index is 5.38. The molecule has 0 unspecified atom stereocenters. The molecule has 0 saturated carbocycles. The Bertz CT molecular complexity index is 680. The number of aromatic nitrogens is 3. The fourth-order valence-corrected chi connectivity index (χ4v) is 2.82. The summed E-state index contributed by atoms with van der Waals surface area (Å²) in [6.45, 7) is 8.80. The van der Waals surface area contributed by atoms with Crippen LogP contribution in [0.2, 0.25) is 0 Å². The van der Waals surface area contributed by atoms with Gasteiger partial charge in [-0.25, -0.2) is 4.99 Å². The third-order valence-corrected chi connectivity index (χ3v) is 4.20. The van der Waals surface area contributed by atoms with Crippen molar-refractivity contribution in [2.45, 2.75) is 13.5 Å². The Morgan fingerprint density at radius 3 is 2.77 bits per heavy atom. The van der Waals surface area contributed by atoms with E-state index in [4.69, 9.17) is 4.74 Å². The van der Waals surface area contributed by atoms with E-state index in [1.165, 1.54) is 0 Å². The van der Waals surface area contributed by atoms with Crippen LogP contribution in [0.25, 0.3) is 5.69 Å². The van der Waals surface area contributed by atoms with E-state index in [0.29, 0.717) is 6.54 Å². The molecular formula is C18H27N7O. The van der Waals surface area contributed by atoms with Gasteiger partial charge in [0.2, 0.25) is 0 Å². The molecule has 1 fully saturated rings. The average molecular weight is 357 g/mol. The summed E-state index contributed by atoms with van der Waals surface area (Å²) < 4.78 is 7.34. The number of nitrogens with one attached hydrogen (secondary N) is 2. The van der Waals surface area contributed by atoms with Gasteiger partial charge in [-0.15, -0.1) is 10.2 Å². The Morgan fingerprint density at radius 1 is 1.19 bits per heavy atom. The molecule has 140 valence electrons. The molecule has 3 rings (SSSR count). The first-order chi connectivity index (χ1) is 12.9. The SMILES string of the molecule is CCNC(=NCc1nncn1-c1ccccc1)NCCN1CCOCC1. The monoisotopic (exact) mass is 357 g/mol. The summed E-state index contributed by atoms with van der Waals surface area (Å²) in [7, 11) is 0. The van der Waals surface area contributed by atoms with E-state index < -0.39 is 0 Å². The van der Waals surface area contributed by atoms with E-state index in [2.05, 4.69) is 37.6 Å². The maximum atomic E-state index is 5.38. The van der Waals surface area contributed by atoms with Crippen LogP contribution >= 0.6 is 0 Å². The van der Waals surface area contributed by atoms with E-state index in [0.717, 1.165) is 63.4 Å². The zero-order chi connectivity index (χ0) is 18.0. The number of para-hydroxylation sites is 1. The molecule has 0 spiro atoms. The Morgan fingerprint density at radius 2 is 2.00 bits per heavy atom. The minimum Gasteiger partial charge on any atom is -0.379 e. The van der Waals surface area contributed by atoms with Crippen molar-refractivity contribution in [2.24, 2.45) is 4.99 Å². The Kier molecular flexibility index (Phi) is 6.97. The number of ether oxygens (including phenoxy) is 1. The third-order valence-electron chi connectivity index (χ3n) is 4.20. The normalized spacial score (nSPS) is 15.8. The largest absolute Gasteiger partial charge is 0.379 e. The van der Waals surface area contributed by atoms with E-state index in [1.54, 1.807) is 6.33 Å². The zero-order valence-corrected chi connectivity index (χ0v) is 15.3. The van der Waals surface area contributed by atoms with Gasteiger partial charge in [0.15, 0.2) is 11.8 Å². The molecule has 8 nitrogen and oxygen atoms in total. The van der Waals surface area contributed by atoms with Crippen LogP contribution in [0.5, 0.6) is 0 Å². The predicted octanol–water partition coefficient (Wildman–Crippen LogP) is 0.655. The highest BCUT2D eigenvalue weighted by atomic mass is 16.5. The van der Waals surface area contributed by atoms with Gasteiger partial charge in [0.25, 0.3) is 0 Å². The number of rotatable bonds is 7. The van der Waals surface area contributed by atoms with Crippen molar-refractivity contribution >= 4 is 5.96 Å². The van der Waals surface area contributed by atoms with Crippen LogP contribution in [0.15, 0.2) is 41.7 Å². The molecule has 8 heteroatoms. The van der Waals surface area contributed by atoms with Gasteiger partial charge in [-0.2, -0.15) is 0 Å². The number of guanidine groups is 1. The van der Waals surface area contributed by atoms with Gasteiger partial charge in [-0.1, -0.05) is 18.2 Å². The van der Waals surface area contributed by atoms with Crippen molar-refractivity contribution < 1.29 is 4.74 Å². The van der Waals surface area contributed by atoms with Crippen molar-refractivity contribution in [3.05, 3.63) is 42.5 Å². The third kappa shape index (κ3) is 5.27. The van der Waals surface area contributed by atoms with Gasteiger partial charge in [-0.3, -0.25) is 9.47 Å². The molecule has 26 heavy (non-hydrogen) atoms. The van der Waals surface area contributed by atoms with Crippen LogP contribution in [0.1, 0.15) is 12.7 Å². The molecule has 2 heterocycles. The first-order valence-corrected chi connectivity index (χ1v) is 9.13. The number of nitrogens with zero attached hydrogens (tertiary/aromatic N) is 5. The number of morpholine rings is 1. The first kappa shape index (κ1) is 18.3. The van der Waals surface area contributed by atoms with Crippen LogP contribution in [0, 0.1) is 0 Å². The van der Waals surface area contributed by atoms with Crippen LogP contribution < -0.4 is 10.6 Å². The van der Waals surface area contributed by atoms with Gasteiger partial charge in [0.05, 0.1) is 13.2 Å². The lowest BCUT2D eigenvalue weighted by atomic mass is 10.3. The second-order valence-electron chi connectivity index (χ2n) is 6.03. The number of hydrogen-bond donors (Lipinski definition) is 2. The molecule has 0 amide bonds. The van der Waals surface area contributed by atoms with Gasteiger partial charge in [-0.05, 0) is 19.1 Å². The molecule has 1 aromatic carbocycles. The molecular weight excluding hydrogens is 330 g/mol. The van der Waals surface area contributed by atoms with Crippen molar-refractivity contribution in [3.8, 4) is 5.69 Å². The molecule has 2 N–H and O–H groups in total. The van der Waals surface area contributed by atoms with Crippen LogP contribution in [-0.4, -0.2) is 71.6 Å². The lowest BCUT2D eigenvalue weighted by Gasteiger charge is -2.26. The molecule has 1 aliphatic heterocycles. The summed E-state index contributed by atoms with van der Waals surface area (Å²) in [6.07, 6.45) is 1.72. The van der Waals surface area contributed by atoms with Crippen molar-refractivity contribution in [2.75, 3.05) is 45.9 Å². The van der Waals surface area contributed by atoms with Crippen molar-refractivity contribution in [1.29, 1.82) is 0 Å². The molecule has 1 saturated heterocycles. The molecule has 0 aliphatic carbocycles. The van der Waals surface area contributed by atoms with Crippen LogP contribution in [0.4, 0.5) is 0 Å². The summed E-state index contributed by atoms with van der Waals surface area (Å²) in [6, 6.07) is 10.1. The second kappa shape index (κ2) is 9.88. The average Bonchev–Trinajstić information content (AvgIpc) is 3.16. The van der Waals surface area contributed by atoms with E-state index in [1.807, 2.05) is 34.9 Å². The van der Waals surface area contributed by atoms with E-state index >= 15 is 0 Å². The first-order valence-electron chi connectivity index (χ1n) is 9.13. The lowest BCUT2D eigenvalue weighted by Crippen LogP contribution is -2.44. The minimum absolute atomic E-state index is 0.460. The van der Waals surface area contributed by atoms with Gasteiger partial charge < -0.3 is 15.4 Å². The van der Waals surface area contributed by atoms with Crippen molar-refractivity contribution in [3.63, 3.8) is 0 Å². The maximum Gasteiger partial charge on any atom is 0.191 e. The Balaban J connectivity index is 1.56. The van der Waals surface area contributed by atoms with E-state index in [-0.39, 0.29) is 0 Å². The zero-order valence-electron chi connectivity index (χ0n) is 15.3. The summed E-state index contributed by atoms with van der Waals surface area (Å²) in [5.74, 6) is 1.60. The highest BCUT2D eigenvalue weighted by Gasteiger charge is 2.10. The Hall–Kier alpha value is -2.45. The molecule has 0 atom stereocenters. The molecule has 2 aromatic rings. The summed E-state index contributed by atoms with van der Waals surface area (Å²) in [5.41, 5.74) is 1.04. The molecule has 0 radical (unpaired) electrons. The number of hydrogen-bond acceptors (Lipinski definition) is 5. The van der Waals surface area contributed by atoms with Gasteiger partial charge in [0.1, 0.15) is 12.9 Å². The summed E-state index contributed by atoms with van der Waals surface area (Å²) >= 11 is 0. The highest BCUT2D eigenvalue weighted by Crippen LogP contribution is 2.09. The minimum atomic E-state index is 0.460. The Labute approximate surface area is 154 Å². The smallest absolute Gasteiger partial charge is 0.191 e. The van der Waals surface area contributed by atoms with Crippen molar-refractivity contribution in [1.82, 2.24) is 30.3 Å². The number of benzene rings is 1. The fraction of sp³-hybridized carbons (Fsp3) is 0.500. The summed E-state index contributed by atoms with van der Waals surface area (Å²) in [5, 5.41) is 14.9. The summed E-state index contributed by atoms with van der Waals surface area (Å²) in [4.78, 5) is 7.05. The molecule has 1 aliphatic rings. The topological polar surface area (TPSA) is 79.6 Å². The second-order valence-corrected chi connectivity index (χ2v) is 6.03. The van der Waals surface area contributed by atoms with Crippen LogP contribution in [0.3, 0.4) is 0 Å². The van der Waals surface area contributed by atoms with E-state index in [9.17, 15) is 0 Å². The van der Waals surface area contributed by atoms with Gasteiger partial charge >= 0.3 is 0 Å². The quantitative estimate of drug-likeness (QED) is 0.560. The molecule has 0 bridgehead atoms. The predicted molar refractivity (Wildman–Crippen MR) is 101 cm³/mol. The van der Waals surface area contributed by atoms with Crippen LogP contribution in [-0.2, 0) is 11.3 Å². The number of aliphatic imine (C=N–C) groups is 1.